The third kappa shape index (κ3) is 5.09. The smallest absolute Gasteiger partial charge is 0.0642 e. The number of aryl methyl sites for hydroxylation is 2. The zero-order chi connectivity index (χ0) is 25.4. The van der Waals surface area contributed by atoms with Crippen molar-refractivity contribution in [2.24, 2.45) is 15.0 Å². The van der Waals surface area contributed by atoms with Crippen molar-refractivity contribution in [3.8, 4) is 0 Å². The van der Waals surface area contributed by atoms with Gasteiger partial charge >= 0.3 is 0 Å². The van der Waals surface area contributed by atoms with Gasteiger partial charge in [0, 0.05) is 41.5 Å². The normalized spacial score (nSPS) is 17.3. The van der Waals surface area contributed by atoms with E-state index >= 15 is 0 Å². The average molecular weight is 487 g/mol. The maximum Gasteiger partial charge on any atom is 0.0642 e. The fourth-order valence-corrected chi connectivity index (χ4v) is 4.96. The minimum Gasteiger partial charge on any atom is -0.381 e. The fraction of sp³-hybridized carbons (Fsp3) is 0.194. The van der Waals surface area contributed by atoms with Crippen molar-refractivity contribution in [2.75, 3.05) is 0 Å². The molecule has 2 aliphatic rings. The van der Waals surface area contributed by atoms with Crippen molar-refractivity contribution in [3.05, 3.63) is 99.9 Å². The number of aliphatic imine (C=N–C) groups is 3. The third-order valence-electron chi connectivity index (χ3n) is 6.71. The van der Waals surface area contributed by atoms with Crippen LogP contribution in [0.4, 0.5) is 11.4 Å². The van der Waals surface area contributed by atoms with E-state index in [1.54, 1.807) is 0 Å². The predicted molar refractivity (Wildman–Crippen MR) is 155 cm³/mol. The summed E-state index contributed by atoms with van der Waals surface area (Å²) < 4.78 is 0. The Labute approximate surface area is 216 Å². The quantitative estimate of drug-likeness (QED) is 0.256. The Hall–Kier alpha value is -4.45. The number of aromatic nitrogens is 2. The molecule has 6 heteroatoms. The summed E-state index contributed by atoms with van der Waals surface area (Å²) in [6.45, 7) is 6.27. The Morgan fingerprint density at radius 1 is 0.811 bits per heavy atom. The van der Waals surface area contributed by atoms with Crippen LogP contribution in [0.15, 0.2) is 81.0 Å². The van der Waals surface area contributed by atoms with Crippen LogP contribution in [0.2, 0.25) is 0 Å². The van der Waals surface area contributed by atoms with Crippen molar-refractivity contribution in [1.82, 2.24) is 15.3 Å². The molecule has 3 N–H and O–H groups in total. The van der Waals surface area contributed by atoms with E-state index in [2.05, 4.69) is 70.8 Å². The van der Waals surface area contributed by atoms with Crippen LogP contribution >= 0.6 is 0 Å². The van der Waals surface area contributed by atoms with Crippen molar-refractivity contribution in [3.63, 3.8) is 0 Å². The van der Waals surface area contributed by atoms with E-state index in [4.69, 9.17) is 15.0 Å². The second-order valence-corrected chi connectivity index (χ2v) is 9.96. The number of nitrogens with zero attached hydrogens (tertiary/aromatic N) is 3. The molecule has 1 atom stereocenters. The van der Waals surface area contributed by atoms with Crippen LogP contribution in [0.5, 0.6) is 0 Å². The monoisotopic (exact) mass is 486 g/mol. The first-order chi connectivity index (χ1) is 18.0. The Kier molecular flexibility index (Phi) is 5.93. The second-order valence-electron chi connectivity index (χ2n) is 9.96. The molecule has 1 aliphatic carbocycles. The van der Waals surface area contributed by atoms with Crippen LogP contribution in [-0.4, -0.2) is 34.7 Å². The summed E-state index contributed by atoms with van der Waals surface area (Å²) in [6, 6.07) is 17.3. The maximum atomic E-state index is 4.86. The molecule has 0 spiro atoms. The lowest BCUT2D eigenvalue weighted by atomic mass is 9.90. The number of H-pyrrole nitrogens is 2. The van der Waals surface area contributed by atoms with Gasteiger partial charge in [0.25, 0.3) is 0 Å². The number of nitrogens with one attached hydrogen (secondary N) is 3. The minimum absolute atomic E-state index is 0.462. The Morgan fingerprint density at radius 2 is 1.49 bits per heavy atom. The van der Waals surface area contributed by atoms with Crippen molar-refractivity contribution in [1.29, 1.82) is 0 Å². The first-order valence-corrected chi connectivity index (χ1v) is 12.7. The summed E-state index contributed by atoms with van der Waals surface area (Å²) in [5.41, 5.74) is 10.5. The molecular formula is C31H30N6. The van der Waals surface area contributed by atoms with Gasteiger partial charge in [-0.3, -0.25) is 15.0 Å². The van der Waals surface area contributed by atoms with E-state index in [1.165, 1.54) is 10.9 Å². The van der Waals surface area contributed by atoms with Crippen LogP contribution < -0.4 is 5.32 Å². The summed E-state index contributed by atoms with van der Waals surface area (Å²) >= 11 is 0. The SMILES string of the molecule is Cc1ccc(C=Nc2cc3c4c(cc(N=Cc5ccc(C)[nH]5)cc4c2)CC(N=CC2=CCC(C)N2)=C3)[nH]1. The third-order valence-corrected chi connectivity index (χ3v) is 6.71. The molecule has 6 rings (SSSR count). The highest BCUT2D eigenvalue weighted by molar-refractivity contribution is 6.00. The van der Waals surface area contributed by atoms with Gasteiger partial charge in [0.05, 0.1) is 35.2 Å². The van der Waals surface area contributed by atoms with E-state index in [0.717, 1.165) is 69.3 Å². The van der Waals surface area contributed by atoms with Crippen LogP contribution in [0.3, 0.4) is 0 Å². The van der Waals surface area contributed by atoms with Gasteiger partial charge in [-0.05, 0) is 104 Å². The first-order valence-electron chi connectivity index (χ1n) is 12.7. The topological polar surface area (TPSA) is 80.7 Å². The molecule has 6 nitrogen and oxygen atoms in total. The molecular weight excluding hydrogens is 456 g/mol. The maximum absolute atomic E-state index is 4.86. The lowest BCUT2D eigenvalue weighted by Gasteiger charge is -2.17. The molecule has 0 saturated carbocycles. The molecule has 2 aromatic carbocycles. The summed E-state index contributed by atoms with van der Waals surface area (Å²) in [5, 5.41) is 5.84. The van der Waals surface area contributed by atoms with E-state index in [9.17, 15) is 0 Å². The zero-order valence-corrected chi connectivity index (χ0v) is 21.3. The van der Waals surface area contributed by atoms with Crippen LogP contribution in [-0.2, 0) is 6.42 Å². The van der Waals surface area contributed by atoms with Crippen molar-refractivity contribution < 1.29 is 0 Å². The number of aromatic amines is 2. The fourth-order valence-electron chi connectivity index (χ4n) is 4.96. The van der Waals surface area contributed by atoms with Gasteiger partial charge < -0.3 is 15.3 Å². The number of benzene rings is 2. The van der Waals surface area contributed by atoms with Crippen LogP contribution in [0.1, 0.15) is 47.2 Å². The number of rotatable bonds is 6. The Morgan fingerprint density at radius 3 is 2.08 bits per heavy atom. The Bertz CT molecular complexity index is 1630. The summed E-state index contributed by atoms with van der Waals surface area (Å²) in [6.07, 6.45) is 11.9. The zero-order valence-electron chi connectivity index (χ0n) is 21.3. The predicted octanol–water partition coefficient (Wildman–Crippen LogP) is 6.85. The highest BCUT2D eigenvalue weighted by Crippen LogP contribution is 2.37. The molecule has 37 heavy (non-hydrogen) atoms. The van der Waals surface area contributed by atoms with E-state index in [0.29, 0.717) is 6.04 Å². The van der Waals surface area contributed by atoms with Gasteiger partial charge in [0.1, 0.15) is 0 Å². The molecule has 184 valence electrons. The molecule has 0 saturated heterocycles. The largest absolute Gasteiger partial charge is 0.381 e. The minimum atomic E-state index is 0.462. The van der Waals surface area contributed by atoms with Crippen molar-refractivity contribution in [2.45, 2.75) is 39.7 Å². The van der Waals surface area contributed by atoms with E-state index in [-0.39, 0.29) is 0 Å². The standard InChI is InChI=1S/C31H30N6/c1-19-4-7-25(35-19)16-32-28-10-22-12-29(33-17-26-8-5-20(2)36-26)14-24-15-30(13-23(11-28)31(22)24)34-18-27-9-6-21(3)37-27/h4-5,7-14,16-18,21,35-37H,6,15H2,1-3H3. The van der Waals surface area contributed by atoms with Gasteiger partial charge in [0.15, 0.2) is 0 Å². The van der Waals surface area contributed by atoms with Gasteiger partial charge in [-0.2, -0.15) is 0 Å². The second kappa shape index (κ2) is 9.54. The molecule has 0 amide bonds. The molecule has 1 aliphatic heterocycles. The average Bonchev–Trinajstić information content (AvgIpc) is 3.61. The van der Waals surface area contributed by atoms with Gasteiger partial charge in [-0.25, -0.2) is 0 Å². The molecule has 0 radical (unpaired) electrons. The number of allylic oxidation sites excluding steroid dienone is 2. The summed E-state index contributed by atoms with van der Waals surface area (Å²) in [4.78, 5) is 21.1. The highest BCUT2D eigenvalue weighted by atomic mass is 15.0. The lowest BCUT2D eigenvalue weighted by Crippen LogP contribution is -2.18. The molecule has 1 unspecified atom stereocenters. The van der Waals surface area contributed by atoms with Crippen molar-refractivity contribution >= 4 is 46.9 Å². The molecule has 2 aromatic heterocycles. The van der Waals surface area contributed by atoms with E-state index in [1.807, 2.05) is 44.6 Å². The molecule has 3 heterocycles. The van der Waals surface area contributed by atoms with Gasteiger partial charge in [0.2, 0.25) is 0 Å². The summed E-state index contributed by atoms with van der Waals surface area (Å²) in [5.74, 6) is 0. The van der Waals surface area contributed by atoms with Gasteiger partial charge in [-0.1, -0.05) is 6.08 Å². The summed E-state index contributed by atoms with van der Waals surface area (Å²) in [7, 11) is 0. The van der Waals surface area contributed by atoms with Crippen LogP contribution in [0, 0.1) is 13.8 Å². The lowest BCUT2D eigenvalue weighted by molar-refractivity contribution is 0.683. The molecule has 0 fully saturated rings. The van der Waals surface area contributed by atoms with E-state index < -0.39 is 0 Å². The Balaban J connectivity index is 1.40. The molecule has 0 bridgehead atoms. The highest BCUT2D eigenvalue weighted by Gasteiger charge is 2.16. The van der Waals surface area contributed by atoms with Crippen LogP contribution in [0.25, 0.3) is 16.8 Å². The first kappa shape index (κ1) is 23.0. The molecule has 4 aromatic rings. The number of hydrogen-bond donors (Lipinski definition) is 3. The number of hydrogen-bond acceptors (Lipinski definition) is 4. The van der Waals surface area contributed by atoms with Gasteiger partial charge in [-0.15, -0.1) is 0 Å².